The number of ether oxygens (including phenoxy) is 2. The van der Waals surface area contributed by atoms with Crippen LogP contribution in [-0.2, 0) is 16.1 Å². The van der Waals surface area contributed by atoms with Crippen LogP contribution in [-0.4, -0.2) is 5.97 Å². The molecule has 0 bridgehead atoms. The summed E-state index contributed by atoms with van der Waals surface area (Å²) in [5.41, 5.74) is -0.546. The van der Waals surface area contributed by atoms with Gasteiger partial charge >= 0.3 is 5.97 Å². The standard InChI is InChI=1S/C21H20Cl2O3/c1-21(2)17(12-18(22)23)19(21)20(24)25-13-14-7-6-10-16(11-14)26-15-8-4-3-5-9-15/h3-12,17,19H,13H2,1-2H3/i3D,4D,5D,8D,9D,13D2. The second-order valence-electron chi connectivity index (χ2n) is 6.39. The van der Waals surface area contributed by atoms with Crippen LogP contribution in [0, 0.1) is 17.3 Å². The van der Waals surface area contributed by atoms with Gasteiger partial charge in [0.25, 0.3) is 0 Å². The molecule has 0 radical (unpaired) electrons. The molecule has 2 aromatic carbocycles. The number of benzene rings is 2. The summed E-state index contributed by atoms with van der Waals surface area (Å²) in [6, 6.07) is 2.74. The minimum absolute atomic E-state index is 0.00689. The number of halogens is 2. The fourth-order valence-electron chi connectivity index (χ4n) is 2.78. The summed E-state index contributed by atoms with van der Waals surface area (Å²) in [7, 11) is 0. The maximum absolute atomic E-state index is 12.7. The molecule has 1 aliphatic rings. The minimum atomic E-state index is -2.52. The lowest BCUT2D eigenvalue weighted by Crippen LogP contribution is -2.10. The van der Waals surface area contributed by atoms with E-state index in [9.17, 15) is 4.79 Å². The van der Waals surface area contributed by atoms with E-state index in [0.717, 1.165) is 0 Å². The summed E-state index contributed by atoms with van der Waals surface area (Å²) in [6.45, 7) is 1.12. The van der Waals surface area contributed by atoms with Crippen LogP contribution in [0.1, 0.15) is 29.0 Å². The maximum Gasteiger partial charge on any atom is 0.310 e. The molecule has 0 spiro atoms. The number of carbonyl (C=O) groups excluding carboxylic acids is 1. The SMILES string of the molecule is [2H]c1c([2H])c([2H])c(Oc2cccc(C([2H])([2H])OC(=O)C3C(C=C(Cl)Cl)C3(C)C)c2)c([2H])c1[2H]. The zero-order valence-corrected chi connectivity index (χ0v) is 15.5. The minimum Gasteiger partial charge on any atom is -0.461 e. The van der Waals surface area contributed by atoms with Crippen LogP contribution in [0.25, 0.3) is 0 Å². The van der Waals surface area contributed by atoms with Crippen molar-refractivity contribution in [3.63, 3.8) is 0 Å². The Hall–Kier alpha value is -1.97. The Bertz CT molecular complexity index is 1120. The van der Waals surface area contributed by atoms with Crippen LogP contribution in [0.3, 0.4) is 0 Å². The molecule has 0 aromatic heterocycles. The van der Waals surface area contributed by atoms with Gasteiger partial charge < -0.3 is 9.47 Å². The lowest BCUT2D eigenvalue weighted by molar-refractivity contribution is -0.147. The molecule has 2 unspecified atom stereocenters. The third-order valence-corrected chi connectivity index (χ3v) is 4.52. The van der Waals surface area contributed by atoms with Crippen LogP contribution < -0.4 is 4.74 Å². The van der Waals surface area contributed by atoms with Gasteiger partial charge in [-0.1, -0.05) is 67.3 Å². The summed E-state index contributed by atoms with van der Waals surface area (Å²) in [6.07, 6.45) is 1.53. The lowest BCUT2D eigenvalue weighted by Gasteiger charge is -2.09. The molecule has 0 heterocycles. The first-order valence-corrected chi connectivity index (χ1v) is 8.55. The van der Waals surface area contributed by atoms with Crippen molar-refractivity contribution in [2.45, 2.75) is 20.4 Å². The molecular weight excluding hydrogens is 371 g/mol. The topological polar surface area (TPSA) is 35.5 Å². The van der Waals surface area contributed by atoms with Crippen molar-refractivity contribution in [2.24, 2.45) is 17.3 Å². The molecule has 0 N–H and O–H groups in total. The quantitative estimate of drug-likeness (QED) is 0.551. The van der Waals surface area contributed by atoms with E-state index < -0.39 is 59.8 Å². The van der Waals surface area contributed by atoms with Gasteiger partial charge in [0.2, 0.25) is 0 Å². The molecule has 5 heteroatoms. The molecule has 2 aromatic rings. The van der Waals surface area contributed by atoms with Crippen molar-refractivity contribution < 1.29 is 23.9 Å². The third-order valence-electron chi connectivity index (χ3n) is 4.27. The first kappa shape index (κ1) is 11.7. The highest BCUT2D eigenvalue weighted by molar-refractivity contribution is 6.55. The molecule has 0 saturated heterocycles. The van der Waals surface area contributed by atoms with E-state index in [1.54, 1.807) is 0 Å². The normalized spacial score (nSPS) is 24.5. The summed E-state index contributed by atoms with van der Waals surface area (Å²) in [5.74, 6) is -2.05. The summed E-state index contributed by atoms with van der Waals surface area (Å²) >= 11 is 11.4. The molecule has 1 saturated carbocycles. The van der Waals surface area contributed by atoms with Crippen molar-refractivity contribution in [3.8, 4) is 11.5 Å². The monoisotopic (exact) mass is 397 g/mol. The molecule has 1 aliphatic carbocycles. The van der Waals surface area contributed by atoms with Gasteiger partial charge in [0.05, 0.1) is 15.5 Å². The molecule has 0 aliphatic heterocycles. The number of rotatable bonds is 6. The summed E-state index contributed by atoms with van der Waals surface area (Å²) < 4.78 is 66.2. The van der Waals surface area contributed by atoms with E-state index in [4.69, 9.17) is 42.3 Å². The van der Waals surface area contributed by atoms with Crippen LogP contribution in [0.15, 0.2) is 65.0 Å². The Morgan fingerprint density at radius 3 is 2.69 bits per heavy atom. The fourth-order valence-corrected chi connectivity index (χ4v) is 3.05. The van der Waals surface area contributed by atoms with E-state index in [1.807, 2.05) is 13.8 Å². The molecular formula is C21H20Cl2O3. The number of esters is 1. The molecule has 3 nitrogen and oxygen atoms in total. The van der Waals surface area contributed by atoms with Crippen LogP contribution in [0.5, 0.6) is 11.5 Å². The Balaban J connectivity index is 1.84. The second kappa shape index (κ2) is 7.73. The van der Waals surface area contributed by atoms with Crippen molar-refractivity contribution in [1.29, 1.82) is 0 Å². The highest BCUT2D eigenvalue weighted by atomic mass is 35.5. The first-order chi connectivity index (χ1) is 15.2. The average Bonchev–Trinajstić information content (AvgIpc) is 3.27. The highest BCUT2D eigenvalue weighted by Crippen LogP contribution is 2.60. The highest BCUT2D eigenvalue weighted by Gasteiger charge is 2.61. The molecule has 3 rings (SSSR count). The van der Waals surface area contributed by atoms with Crippen LogP contribution >= 0.6 is 23.2 Å². The zero-order chi connectivity index (χ0) is 24.9. The van der Waals surface area contributed by atoms with E-state index in [-0.39, 0.29) is 21.7 Å². The molecule has 26 heavy (non-hydrogen) atoms. The second-order valence-corrected chi connectivity index (χ2v) is 7.40. The van der Waals surface area contributed by atoms with Gasteiger partial charge in [0.1, 0.15) is 22.5 Å². The van der Waals surface area contributed by atoms with E-state index >= 15 is 0 Å². The van der Waals surface area contributed by atoms with Crippen molar-refractivity contribution in [1.82, 2.24) is 0 Å². The zero-order valence-electron chi connectivity index (χ0n) is 21.0. The smallest absolute Gasteiger partial charge is 0.310 e. The van der Waals surface area contributed by atoms with E-state index in [0.29, 0.717) is 0 Å². The average molecular weight is 398 g/mol. The van der Waals surface area contributed by atoms with Crippen molar-refractivity contribution in [2.75, 3.05) is 0 Å². The van der Waals surface area contributed by atoms with Crippen LogP contribution in [0.4, 0.5) is 0 Å². The number of hydrogen-bond acceptors (Lipinski definition) is 3. The van der Waals surface area contributed by atoms with Gasteiger partial charge in [0.15, 0.2) is 0 Å². The number of hydrogen-bond donors (Lipinski definition) is 0. The Morgan fingerprint density at radius 2 is 2.00 bits per heavy atom. The Kier molecular flexibility index (Phi) is 3.47. The van der Waals surface area contributed by atoms with Gasteiger partial charge in [-0.25, -0.2) is 0 Å². The summed E-state index contributed by atoms with van der Waals surface area (Å²) in [5, 5.41) is 0. The molecule has 1 fully saturated rings. The molecule has 0 amide bonds. The molecule has 136 valence electrons. The van der Waals surface area contributed by atoms with Gasteiger partial charge in [0, 0.05) is 0 Å². The Labute approximate surface area is 173 Å². The molecule has 2 atom stereocenters. The number of para-hydroxylation sites is 1. The van der Waals surface area contributed by atoms with Crippen LogP contribution in [0.2, 0.25) is 0 Å². The number of allylic oxidation sites excluding steroid dienone is 1. The van der Waals surface area contributed by atoms with Gasteiger partial charge in [-0.3, -0.25) is 4.79 Å². The predicted molar refractivity (Wildman–Crippen MR) is 103 cm³/mol. The lowest BCUT2D eigenvalue weighted by atomic mass is 10.1. The maximum atomic E-state index is 12.7. The fraction of sp³-hybridized carbons (Fsp3) is 0.286. The van der Waals surface area contributed by atoms with Crippen molar-refractivity contribution in [3.05, 3.63) is 70.6 Å². The van der Waals surface area contributed by atoms with Gasteiger partial charge in [-0.15, -0.1) is 0 Å². The van der Waals surface area contributed by atoms with Gasteiger partial charge in [-0.05, 0) is 47.2 Å². The summed E-state index contributed by atoms with van der Waals surface area (Å²) in [4.78, 5) is 12.7. The largest absolute Gasteiger partial charge is 0.461 e. The van der Waals surface area contributed by atoms with Crippen molar-refractivity contribution >= 4 is 29.2 Å². The first-order valence-electron chi connectivity index (χ1n) is 11.3. The van der Waals surface area contributed by atoms with Gasteiger partial charge in [-0.2, -0.15) is 0 Å². The predicted octanol–water partition coefficient (Wildman–Crippen LogP) is 6.11. The third kappa shape index (κ3) is 4.40. The van der Waals surface area contributed by atoms with E-state index in [2.05, 4.69) is 0 Å². The van der Waals surface area contributed by atoms with E-state index in [1.165, 1.54) is 30.3 Å². The Morgan fingerprint density at radius 1 is 1.27 bits per heavy atom. The number of carbonyl (C=O) groups is 1.